The van der Waals surface area contributed by atoms with Gasteiger partial charge in [-0.3, -0.25) is 0 Å². The lowest BCUT2D eigenvalue weighted by molar-refractivity contribution is 0.464. The molecule has 0 amide bonds. The van der Waals surface area contributed by atoms with Crippen LogP contribution >= 0.6 is 0 Å². The molecule has 0 saturated carbocycles. The van der Waals surface area contributed by atoms with Crippen molar-refractivity contribution in [2.24, 2.45) is 0 Å². The Labute approximate surface area is 260 Å². The molecule has 0 bridgehead atoms. The van der Waals surface area contributed by atoms with E-state index in [0.717, 1.165) is 11.6 Å². The van der Waals surface area contributed by atoms with Crippen LogP contribution in [0.1, 0.15) is 5.56 Å². The van der Waals surface area contributed by atoms with Crippen LogP contribution in [0.2, 0.25) is 0 Å². The zero-order valence-corrected chi connectivity index (χ0v) is 26.1. The van der Waals surface area contributed by atoms with Crippen molar-refractivity contribution in [2.45, 2.75) is 31.4 Å². The van der Waals surface area contributed by atoms with Crippen LogP contribution in [0.5, 0.6) is 5.75 Å². The zero-order chi connectivity index (χ0) is 31.2. The second-order valence-corrected chi connectivity index (χ2v) is 14.6. The highest BCUT2D eigenvalue weighted by molar-refractivity contribution is 7.97. The van der Waals surface area contributed by atoms with Crippen LogP contribution in [0.4, 0.5) is 0 Å². The topological polar surface area (TPSA) is 101 Å². The van der Waals surface area contributed by atoms with Crippen LogP contribution in [0.3, 0.4) is 0 Å². The molecule has 0 heterocycles. The molecule has 0 fully saturated rings. The summed E-state index contributed by atoms with van der Waals surface area (Å²) in [5, 5.41) is 0.323. The average molecular weight is 641 g/mol. The number of rotatable bonds is 7. The molecule has 6 rings (SSSR count). The molecule has 6 aromatic carbocycles. The molecule has 0 N–H and O–H groups in total. The van der Waals surface area contributed by atoms with Gasteiger partial charge in [-0.15, -0.1) is 0 Å². The van der Waals surface area contributed by atoms with Gasteiger partial charge in [0.1, 0.15) is 15.0 Å². The first kappa shape index (κ1) is 31.0. The smallest absolute Gasteiger partial charge is 0.339 e. The minimum atomic E-state index is -4.70. The lowest BCUT2D eigenvalue weighted by Crippen LogP contribution is -2.10. The molecule has 0 aromatic heterocycles. The van der Waals surface area contributed by atoms with E-state index in [1.807, 2.05) is 6.92 Å². The Kier molecular flexibility index (Phi) is 9.51. The van der Waals surface area contributed by atoms with E-state index in [-0.39, 0.29) is 32.3 Å². The summed E-state index contributed by atoms with van der Waals surface area (Å²) < 4.78 is 64.2. The molecule has 222 valence electrons. The molecule has 9 heteroatoms. The van der Waals surface area contributed by atoms with Gasteiger partial charge in [0.2, 0.25) is 0 Å². The Morgan fingerprint density at radius 3 is 1.41 bits per heavy atom. The van der Waals surface area contributed by atoms with Crippen molar-refractivity contribution < 1.29 is 25.6 Å². The van der Waals surface area contributed by atoms with E-state index < -0.39 is 25.1 Å². The molecule has 0 aliphatic heterocycles. The summed E-state index contributed by atoms with van der Waals surface area (Å²) in [6.45, 7) is 1.83. The molecule has 44 heavy (non-hydrogen) atoms. The number of hydrogen-bond donors (Lipinski definition) is 0. The van der Waals surface area contributed by atoms with Crippen molar-refractivity contribution in [3.63, 3.8) is 0 Å². The first-order valence-electron chi connectivity index (χ1n) is 13.5. The highest BCUT2D eigenvalue weighted by Gasteiger charge is 2.27. The SMILES string of the molecule is Cc1ccc(S(=O)(=O)Oc2ccc(S(=O)(=O)[O-])c3ccccc23)cc1.c1ccc([S+](c2ccccc2)c2ccccc2)cc1. The molecule has 0 unspecified atom stereocenters. The lowest BCUT2D eigenvalue weighted by Gasteiger charge is -2.14. The van der Waals surface area contributed by atoms with E-state index in [9.17, 15) is 21.4 Å². The summed E-state index contributed by atoms with van der Waals surface area (Å²) in [5.41, 5.74) is 0.898. The van der Waals surface area contributed by atoms with Crippen molar-refractivity contribution in [3.05, 3.63) is 157 Å². The lowest BCUT2D eigenvalue weighted by atomic mass is 10.1. The van der Waals surface area contributed by atoms with Gasteiger partial charge in [0, 0.05) is 10.8 Å². The fraction of sp³-hybridized carbons (Fsp3) is 0.0286. The van der Waals surface area contributed by atoms with Crippen LogP contribution < -0.4 is 4.18 Å². The number of aryl methyl sites for hydroxylation is 1. The molecule has 6 aromatic rings. The van der Waals surface area contributed by atoms with E-state index in [1.165, 1.54) is 45.0 Å². The van der Waals surface area contributed by atoms with Gasteiger partial charge in [0.25, 0.3) is 0 Å². The summed E-state index contributed by atoms with van der Waals surface area (Å²) in [4.78, 5) is 3.63. The highest BCUT2D eigenvalue weighted by Crippen LogP contribution is 2.33. The standard InChI is InChI=1S/C18H15S.C17H14O6S2/c1-4-10-16(11-5-1)19(17-12-6-2-7-13-17)18-14-8-3-9-15-18;1-12-6-8-13(9-7-12)25(21,22)23-16-10-11-17(24(18,19)20)15-5-3-2-4-14(15)16/h1-15H;2-11H,1H3,(H,18,19,20)/q+1;/p-1. The zero-order valence-electron chi connectivity index (χ0n) is 23.6. The Morgan fingerprint density at radius 2 is 0.955 bits per heavy atom. The second kappa shape index (κ2) is 13.5. The molecular formula is C35H28O6S3. The summed E-state index contributed by atoms with van der Waals surface area (Å²) in [6, 6.07) is 46.5. The highest BCUT2D eigenvalue weighted by atomic mass is 32.2. The van der Waals surface area contributed by atoms with Gasteiger partial charge >= 0.3 is 10.1 Å². The predicted octanol–water partition coefficient (Wildman–Crippen LogP) is 7.60. The van der Waals surface area contributed by atoms with Gasteiger partial charge in [-0.05, 0) is 67.6 Å². The molecule has 6 nitrogen and oxygen atoms in total. The van der Waals surface area contributed by atoms with Gasteiger partial charge in [0.05, 0.1) is 15.8 Å². The van der Waals surface area contributed by atoms with Crippen LogP contribution in [0.25, 0.3) is 10.8 Å². The normalized spacial score (nSPS) is 11.5. The van der Waals surface area contributed by atoms with Gasteiger partial charge in [-0.25, -0.2) is 8.42 Å². The van der Waals surface area contributed by atoms with Crippen molar-refractivity contribution in [1.29, 1.82) is 0 Å². The van der Waals surface area contributed by atoms with Crippen molar-refractivity contribution >= 4 is 41.9 Å². The third-order valence-electron chi connectivity index (χ3n) is 6.56. The second-order valence-electron chi connectivity index (χ2n) is 9.66. The molecule has 0 atom stereocenters. The average Bonchev–Trinajstić information content (AvgIpc) is 3.03. The minimum absolute atomic E-state index is 0.0146. The third-order valence-corrected chi connectivity index (χ3v) is 10.9. The van der Waals surface area contributed by atoms with E-state index in [1.54, 1.807) is 24.3 Å². The quantitative estimate of drug-likeness (QED) is 0.101. The van der Waals surface area contributed by atoms with Crippen LogP contribution in [0.15, 0.2) is 176 Å². The fourth-order valence-corrected chi connectivity index (χ4v) is 8.22. The number of benzene rings is 6. The molecule has 0 saturated heterocycles. The molecular weight excluding hydrogens is 613 g/mol. The minimum Gasteiger partial charge on any atom is -0.744 e. The largest absolute Gasteiger partial charge is 0.744 e. The number of hydrogen-bond acceptors (Lipinski definition) is 6. The molecule has 0 aliphatic carbocycles. The van der Waals surface area contributed by atoms with Crippen molar-refractivity contribution in [3.8, 4) is 5.75 Å². The first-order valence-corrected chi connectivity index (χ1v) is 17.6. The molecule has 0 radical (unpaired) electrons. The Morgan fingerprint density at radius 1 is 0.523 bits per heavy atom. The van der Waals surface area contributed by atoms with Crippen molar-refractivity contribution in [2.75, 3.05) is 0 Å². The summed E-state index contributed by atoms with van der Waals surface area (Å²) in [7, 11) is -8.81. The number of fused-ring (bicyclic) bond motifs is 1. The Bertz CT molecular complexity index is 1970. The first-order chi connectivity index (χ1) is 21.1. The van der Waals surface area contributed by atoms with E-state index in [4.69, 9.17) is 4.18 Å². The fourth-order valence-electron chi connectivity index (χ4n) is 4.48. The van der Waals surface area contributed by atoms with Gasteiger partial charge < -0.3 is 8.74 Å². The monoisotopic (exact) mass is 640 g/mol. The maximum atomic E-state index is 12.4. The van der Waals surface area contributed by atoms with Crippen LogP contribution in [0, 0.1) is 6.92 Å². The Balaban J connectivity index is 0.000000181. The predicted molar refractivity (Wildman–Crippen MR) is 172 cm³/mol. The summed E-state index contributed by atoms with van der Waals surface area (Å²) in [5.74, 6) is -0.0522. The van der Waals surface area contributed by atoms with Crippen molar-refractivity contribution in [1.82, 2.24) is 0 Å². The van der Waals surface area contributed by atoms with E-state index in [2.05, 4.69) is 91.0 Å². The molecule has 0 spiro atoms. The molecule has 0 aliphatic rings. The van der Waals surface area contributed by atoms with E-state index in [0.29, 0.717) is 0 Å². The third kappa shape index (κ3) is 7.38. The van der Waals surface area contributed by atoms with Gasteiger partial charge in [-0.1, -0.05) is 96.6 Å². The Hall–Kier alpha value is -4.41. The van der Waals surface area contributed by atoms with E-state index >= 15 is 0 Å². The maximum absolute atomic E-state index is 12.4. The summed E-state index contributed by atoms with van der Waals surface area (Å²) in [6.07, 6.45) is 0. The summed E-state index contributed by atoms with van der Waals surface area (Å²) >= 11 is 0. The van der Waals surface area contributed by atoms with Gasteiger partial charge in [-0.2, -0.15) is 8.42 Å². The van der Waals surface area contributed by atoms with Crippen LogP contribution in [-0.4, -0.2) is 21.4 Å². The van der Waals surface area contributed by atoms with Crippen LogP contribution in [-0.2, 0) is 31.1 Å². The maximum Gasteiger partial charge on any atom is 0.339 e. The van der Waals surface area contributed by atoms with Gasteiger partial charge in [0.15, 0.2) is 20.4 Å².